The molecular formula is C12H16O2. The summed E-state index contributed by atoms with van der Waals surface area (Å²) in [5.41, 5.74) is 1.88. The van der Waals surface area contributed by atoms with Gasteiger partial charge < -0.3 is 5.11 Å². The molecule has 76 valence electrons. The van der Waals surface area contributed by atoms with Crippen molar-refractivity contribution in [2.45, 2.75) is 32.8 Å². The Balaban J connectivity index is 2.88. The molecule has 1 rings (SSSR count). The predicted molar refractivity (Wildman–Crippen MR) is 56.2 cm³/mol. The molecule has 0 saturated heterocycles. The first-order valence-electron chi connectivity index (χ1n) is 4.80. The van der Waals surface area contributed by atoms with Crippen LogP contribution in [0.3, 0.4) is 0 Å². The summed E-state index contributed by atoms with van der Waals surface area (Å²) >= 11 is 0. The second-order valence-corrected chi connectivity index (χ2v) is 3.83. The number of aliphatic hydroxyl groups excluding tert-OH is 1. The van der Waals surface area contributed by atoms with Gasteiger partial charge in [-0.05, 0) is 24.0 Å². The molecule has 0 bridgehead atoms. The fourth-order valence-corrected chi connectivity index (χ4v) is 1.30. The smallest absolute Gasteiger partial charge is 0.162 e. The van der Waals surface area contributed by atoms with E-state index in [4.69, 9.17) is 0 Å². The van der Waals surface area contributed by atoms with Gasteiger partial charge >= 0.3 is 0 Å². The van der Waals surface area contributed by atoms with Gasteiger partial charge in [-0.1, -0.05) is 38.1 Å². The van der Waals surface area contributed by atoms with Gasteiger partial charge in [0.05, 0.1) is 0 Å². The van der Waals surface area contributed by atoms with Gasteiger partial charge in [-0.15, -0.1) is 0 Å². The van der Waals surface area contributed by atoms with Crippen molar-refractivity contribution in [2.24, 2.45) is 0 Å². The summed E-state index contributed by atoms with van der Waals surface area (Å²) in [6.07, 6.45) is -0.976. The van der Waals surface area contributed by atoms with E-state index >= 15 is 0 Å². The van der Waals surface area contributed by atoms with E-state index in [0.29, 0.717) is 11.5 Å². The monoisotopic (exact) mass is 192 g/mol. The lowest BCUT2D eigenvalue weighted by Crippen LogP contribution is -2.07. The van der Waals surface area contributed by atoms with E-state index in [1.165, 1.54) is 12.5 Å². The summed E-state index contributed by atoms with van der Waals surface area (Å²) < 4.78 is 0. The topological polar surface area (TPSA) is 37.3 Å². The number of hydrogen-bond donors (Lipinski definition) is 1. The average molecular weight is 192 g/mol. The molecule has 0 amide bonds. The molecule has 0 heterocycles. The van der Waals surface area contributed by atoms with Crippen LogP contribution in [0.4, 0.5) is 0 Å². The molecule has 0 aliphatic carbocycles. The number of rotatable bonds is 3. The molecule has 0 unspecified atom stereocenters. The van der Waals surface area contributed by atoms with Crippen LogP contribution in [0, 0.1) is 0 Å². The fraction of sp³-hybridized carbons (Fsp3) is 0.417. The SMILES string of the molecule is CC(=O)[C@H](O)c1ccc(C(C)C)cc1. The van der Waals surface area contributed by atoms with E-state index in [9.17, 15) is 9.90 Å². The molecule has 0 fully saturated rings. The second-order valence-electron chi connectivity index (χ2n) is 3.83. The zero-order valence-electron chi connectivity index (χ0n) is 8.82. The van der Waals surface area contributed by atoms with E-state index < -0.39 is 6.10 Å². The van der Waals surface area contributed by atoms with Gasteiger partial charge in [0.2, 0.25) is 0 Å². The Morgan fingerprint density at radius 2 is 1.57 bits per heavy atom. The lowest BCUT2D eigenvalue weighted by molar-refractivity contribution is -0.125. The van der Waals surface area contributed by atoms with Crippen molar-refractivity contribution in [3.05, 3.63) is 35.4 Å². The number of hydrogen-bond acceptors (Lipinski definition) is 2. The summed E-state index contributed by atoms with van der Waals surface area (Å²) in [4.78, 5) is 10.9. The van der Waals surface area contributed by atoms with Gasteiger partial charge in [-0.3, -0.25) is 4.79 Å². The van der Waals surface area contributed by atoms with Gasteiger partial charge in [-0.2, -0.15) is 0 Å². The maximum atomic E-state index is 10.9. The Bertz CT molecular complexity index is 312. The van der Waals surface area contributed by atoms with Gasteiger partial charge in [0.1, 0.15) is 6.10 Å². The van der Waals surface area contributed by atoms with Crippen molar-refractivity contribution in [1.82, 2.24) is 0 Å². The zero-order chi connectivity index (χ0) is 10.7. The van der Waals surface area contributed by atoms with Crippen molar-refractivity contribution < 1.29 is 9.90 Å². The Morgan fingerprint density at radius 1 is 1.14 bits per heavy atom. The highest BCUT2D eigenvalue weighted by atomic mass is 16.3. The van der Waals surface area contributed by atoms with Crippen LogP contribution in [0.5, 0.6) is 0 Å². The molecule has 1 aromatic carbocycles. The number of carbonyl (C=O) groups is 1. The van der Waals surface area contributed by atoms with Crippen molar-refractivity contribution in [3.63, 3.8) is 0 Å². The lowest BCUT2D eigenvalue weighted by atomic mass is 9.99. The summed E-state index contributed by atoms with van der Waals surface area (Å²) in [5, 5.41) is 9.48. The molecule has 2 heteroatoms. The minimum atomic E-state index is -0.976. The Labute approximate surface area is 84.6 Å². The molecule has 0 aliphatic heterocycles. The minimum Gasteiger partial charge on any atom is -0.381 e. The quantitative estimate of drug-likeness (QED) is 0.798. The standard InChI is InChI=1S/C12H16O2/c1-8(2)10-4-6-11(7-5-10)12(14)9(3)13/h4-8,12,14H,1-3H3/t12-/m0/s1. The van der Waals surface area contributed by atoms with Crippen molar-refractivity contribution in [3.8, 4) is 0 Å². The first-order valence-corrected chi connectivity index (χ1v) is 4.80. The zero-order valence-corrected chi connectivity index (χ0v) is 8.82. The first-order chi connectivity index (χ1) is 6.52. The molecule has 14 heavy (non-hydrogen) atoms. The molecular weight excluding hydrogens is 176 g/mol. The normalized spacial score (nSPS) is 12.9. The summed E-state index contributed by atoms with van der Waals surface area (Å²) in [6.45, 7) is 5.61. The van der Waals surface area contributed by atoms with E-state index in [1.807, 2.05) is 12.1 Å². The molecule has 0 radical (unpaired) electrons. The van der Waals surface area contributed by atoms with Gasteiger partial charge in [0, 0.05) is 0 Å². The van der Waals surface area contributed by atoms with Crippen LogP contribution in [-0.4, -0.2) is 10.9 Å². The molecule has 0 saturated carbocycles. The van der Waals surface area contributed by atoms with Crippen LogP contribution in [0.1, 0.15) is 43.9 Å². The van der Waals surface area contributed by atoms with E-state index in [-0.39, 0.29) is 5.78 Å². The van der Waals surface area contributed by atoms with Crippen molar-refractivity contribution in [1.29, 1.82) is 0 Å². The van der Waals surface area contributed by atoms with Crippen molar-refractivity contribution in [2.75, 3.05) is 0 Å². The molecule has 2 nitrogen and oxygen atoms in total. The maximum absolute atomic E-state index is 10.9. The predicted octanol–water partition coefficient (Wildman–Crippen LogP) is 2.43. The lowest BCUT2D eigenvalue weighted by Gasteiger charge is -2.09. The first kappa shape index (κ1) is 10.9. The van der Waals surface area contributed by atoms with Gasteiger partial charge in [0.15, 0.2) is 5.78 Å². The summed E-state index contributed by atoms with van der Waals surface area (Å²) in [7, 11) is 0. The Kier molecular flexibility index (Phi) is 3.42. The van der Waals surface area contributed by atoms with E-state index in [0.717, 1.165) is 0 Å². The average Bonchev–Trinajstić information content (AvgIpc) is 2.16. The third-order valence-electron chi connectivity index (χ3n) is 2.30. The summed E-state index contributed by atoms with van der Waals surface area (Å²) in [6, 6.07) is 7.52. The fourth-order valence-electron chi connectivity index (χ4n) is 1.30. The minimum absolute atomic E-state index is 0.220. The number of Topliss-reactive ketones (excluding diaryl/α,β-unsaturated/α-hetero) is 1. The van der Waals surface area contributed by atoms with Crippen LogP contribution in [0.25, 0.3) is 0 Å². The third-order valence-corrected chi connectivity index (χ3v) is 2.30. The number of carbonyl (C=O) groups excluding carboxylic acids is 1. The second kappa shape index (κ2) is 4.38. The summed E-state index contributed by atoms with van der Waals surface area (Å²) in [5.74, 6) is 0.251. The van der Waals surface area contributed by atoms with Crippen LogP contribution < -0.4 is 0 Å². The molecule has 1 aromatic rings. The number of benzene rings is 1. The number of aliphatic hydroxyl groups is 1. The van der Waals surface area contributed by atoms with Crippen LogP contribution >= 0.6 is 0 Å². The van der Waals surface area contributed by atoms with E-state index in [2.05, 4.69) is 13.8 Å². The maximum Gasteiger partial charge on any atom is 0.162 e. The molecule has 1 atom stereocenters. The molecule has 0 spiro atoms. The third kappa shape index (κ3) is 2.42. The van der Waals surface area contributed by atoms with Crippen LogP contribution in [0.15, 0.2) is 24.3 Å². The molecule has 0 aromatic heterocycles. The highest BCUT2D eigenvalue weighted by Crippen LogP contribution is 2.18. The van der Waals surface area contributed by atoms with Crippen LogP contribution in [-0.2, 0) is 4.79 Å². The largest absolute Gasteiger partial charge is 0.381 e. The number of ketones is 1. The van der Waals surface area contributed by atoms with Gasteiger partial charge in [0.25, 0.3) is 0 Å². The molecule has 1 N–H and O–H groups in total. The Morgan fingerprint density at radius 3 is 1.93 bits per heavy atom. The molecule has 0 aliphatic rings. The van der Waals surface area contributed by atoms with Crippen LogP contribution in [0.2, 0.25) is 0 Å². The van der Waals surface area contributed by atoms with E-state index in [1.54, 1.807) is 12.1 Å². The highest BCUT2D eigenvalue weighted by molar-refractivity contribution is 5.81. The Hall–Kier alpha value is -1.15. The highest BCUT2D eigenvalue weighted by Gasteiger charge is 2.12. The van der Waals surface area contributed by atoms with Crippen molar-refractivity contribution >= 4 is 5.78 Å². The van der Waals surface area contributed by atoms with Gasteiger partial charge in [-0.25, -0.2) is 0 Å².